The molecule has 1 rings (SSSR count). The van der Waals surface area contributed by atoms with Gasteiger partial charge in [0.2, 0.25) is 0 Å². The first-order valence-electron chi connectivity index (χ1n) is 7.33. The third-order valence-corrected chi connectivity index (χ3v) is 5.66. The molecule has 114 valence electrons. The smallest absolute Gasteiger partial charge is 0.279 e. The maximum absolute atomic E-state index is 12.1. The maximum Gasteiger partial charge on any atom is 0.279 e. The van der Waals surface area contributed by atoms with Gasteiger partial charge in [-0.1, -0.05) is 26.2 Å². The zero-order valence-corrected chi connectivity index (χ0v) is 13.3. The van der Waals surface area contributed by atoms with E-state index in [1.54, 1.807) is 7.05 Å². The van der Waals surface area contributed by atoms with Gasteiger partial charge in [-0.05, 0) is 38.3 Å². The molecular weight excluding hydrogens is 262 g/mol. The Bertz CT molecular complexity index is 346. The second-order valence-electron chi connectivity index (χ2n) is 5.65. The van der Waals surface area contributed by atoms with Crippen molar-refractivity contribution in [2.75, 3.05) is 33.7 Å². The monoisotopic (exact) mass is 291 g/mol. The Balaban J connectivity index is 2.36. The molecule has 6 heteroatoms. The van der Waals surface area contributed by atoms with Gasteiger partial charge in [0.25, 0.3) is 10.2 Å². The SMILES string of the molecule is CNCCCN(C)S(=O)(=O)NCC1CCCCC1C. The van der Waals surface area contributed by atoms with Gasteiger partial charge in [-0.15, -0.1) is 0 Å². The summed E-state index contributed by atoms with van der Waals surface area (Å²) in [5, 5.41) is 3.02. The van der Waals surface area contributed by atoms with E-state index in [0.29, 0.717) is 24.9 Å². The molecule has 0 aromatic rings. The second kappa shape index (κ2) is 8.19. The highest BCUT2D eigenvalue weighted by atomic mass is 32.2. The standard InChI is InChI=1S/C13H29N3O2S/c1-12-7-4-5-8-13(12)11-15-19(17,18)16(3)10-6-9-14-2/h12-15H,4-11H2,1-3H3. The first kappa shape index (κ1) is 16.9. The predicted octanol–water partition coefficient (Wildman–Crippen LogP) is 1.19. The Hall–Kier alpha value is -0.170. The number of nitrogens with zero attached hydrogens (tertiary/aromatic N) is 1. The van der Waals surface area contributed by atoms with E-state index >= 15 is 0 Å². The summed E-state index contributed by atoms with van der Waals surface area (Å²) in [5.41, 5.74) is 0. The van der Waals surface area contributed by atoms with E-state index in [0.717, 1.165) is 19.4 Å². The Morgan fingerprint density at radius 3 is 2.58 bits per heavy atom. The third kappa shape index (κ3) is 5.77. The molecule has 0 spiro atoms. The van der Waals surface area contributed by atoms with Crippen LogP contribution in [0.3, 0.4) is 0 Å². The zero-order valence-electron chi connectivity index (χ0n) is 12.5. The van der Waals surface area contributed by atoms with Crippen LogP contribution in [-0.4, -0.2) is 46.5 Å². The Kier molecular flexibility index (Phi) is 7.28. The van der Waals surface area contributed by atoms with Crippen LogP contribution in [-0.2, 0) is 10.2 Å². The van der Waals surface area contributed by atoms with Crippen molar-refractivity contribution in [2.24, 2.45) is 11.8 Å². The molecule has 2 atom stereocenters. The first-order chi connectivity index (χ1) is 8.97. The van der Waals surface area contributed by atoms with E-state index in [1.165, 1.54) is 23.6 Å². The molecule has 0 aromatic heterocycles. The van der Waals surface area contributed by atoms with Crippen LogP contribution in [0.2, 0.25) is 0 Å². The number of nitrogens with one attached hydrogen (secondary N) is 2. The van der Waals surface area contributed by atoms with Crippen LogP contribution in [0.5, 0.6) is 0 Å². The van der Waals surface area contributed by atoms with Crippen LogP contribution < -0.4 is 10.0 Å². The van der Waals surface area contributed by atoms with E-state index in [4.69, 9.17) is 0 Å². The molecule has 0 saturated heterocycles. The minimum atomic E-state index is -3.31. The minimum absolute atomic E-state index is 0.495. The Morgan fingerprint density at radius 2 is 1.95 bits per heavy atom. The normalized spacial score (nSPS) is 24.8. The van der Waals surface area contributed by atoms with Crippen LogP contribution >= 0.6 is 0 Å². The van der Waals surface area contributed by atoms with E-state index in [2.05, 4.69) is 17.0 Å². The molecule has 1 aliphatic carbocycles. The Morgan fingerprint density at radius 1 is 1.26 bits per heavy atom. The largest absolute Gasteiger partial charge is 0.320 e. The average Bonchev–Trinajstić information content (AvgIpc) is 2.38. The molecule has 1 aliphatic rings. The topological polar surface area (TPSA) is 61.4 Å². The van der Waals surface area contributed by atoms with Crippen LogP contribution in [0.1, 0.15) is 39.0 Å². The molecule has 2 N–H and O–H groups in total. The number of hydrogen-bond donors (Lipinski definition) is 2. The second-order valence-corrected chi connectivity index (χ2v) is 7.52. The number of hydrogen-bond acceptors (Lipinski definition) is 3. The fourth-order valence-electron chi connectivity index (χ4n) is 2.62. The van der Waals surface area contributed by atoms with Gasteiger partial charge in [0, 0.05) is 20.1 Å². The Labute approximate surface area is 118 Å². The van der Waals surface area contributed by atoms with Gasteiger partial charge in [0.05, 0.1) is 0 Å². The average molecular weight is 291 g/mol. The van der Waals surface area contributed by atoms with E-state index < -0.39 is 10.2 Å². The maximum atomic E-state index is 12.1. The molecular formula is C13H29N3O2S. The summed E-state index contributed by atoms with van der Waals surface area (Å²) < 4.78 is 28.3. The van der Waals surface area contributed by atoms with Crippen molar-refractivity contribution < 1.29 is 8.42 Å². The highest BCUT2D eigenvalue weighted by Crippen LogP contribution is 2.28. The van der Waals surface area contributed by atoms with E-state index in [9.17, 15) is 8.42 Å². The van der Waals surface area contributed by atoms with E-state index in [1.807, 2.05) is 7.05 Å². The van der Waals surface area contributed by atoms with Crippen molar-refractivity contribution in [2.45, 2.75) is 39.0 Å². The summed E-state index contributed by atoms with van der Waals surface area (Å²) in [6.07, 6.45) is 5.72. The minimum Gasteiger partial charge on any atom is -0.320 e. The fourth-order valence-corrected chi connectivity index (χ4v) is 3.63. The van der Waals surface area contributed by atoms with Crippen LogP contribution in [0.4, 0.5) is 0 Å². The lowest BCUT2D eigenvalue weighted by molar-refractivity contribution is 0.256. The molecule has 1 fully saturated rings. The van der Waals surface area contributed by atoms with Gasteiger partial charge in [0.1, 0.15) is 0 Å². The molecule has 19 heavy (non-hydrogen) atoms. The highest BCUT2D eigenvalue weighted by Gasteiger charge is 2.24. The summed E-state index contributed by atoms with van der Waals surface area (Å²) in [7, 11) is 0.205. The van der Waals surface area contributed by atoms with Crippen LogP contribution in [0, 0.1) is 11.8 Å². The van der Waals surface area contributed by atoms with Gasteiger partial charge in [-0.25, -0.2) is 4.72 Å². The predicted molar refractivity (Wildman–Crippen MR) is 79.2 cm³/mol. The van der Waals surface area contributed by atoms with E-state index in [-0.39, 0.29) is 0 Å². The summed E-state index contributed by atoms with van der Waals surface area (Å²) >= 11 is 0. The van der Waals surface area contributed by atoms with Crippen molar-refractivity contribution in [1.29, 1.82) is 0 Å². The third-order valence-electron chi connectivity index (χ3n) is 4.13. The molecule has 0 radical (unpaired) electrons. The highest BCUT2D eigenvalue weighted by molar-refractivity contribution is 7.87. The molecule has 5 nitrogen and oxygen atoms in total. The molecule has 0 aromatic carbocycles. The first-order valence-corrected chi connectivity index (χ1v) is 8.77. The van der Waals surface area contributed by atoms with Crippen LogP contribution in [0.15, 0.2) is 0 Å². The zero-order chi connectivity index (χ0) is 14.3. The lowest BCUT2D eigenvalue weighted by Gasteiger charge is -2.29. The molecule has 0 amide bonds. The number of rotatable bonds is 8. The quantitative estimate of drug-likeness (QED) is 0.660. The summed E-state index contributed by atoms with van der Waals surface area (Å²) in [5.74, 6) is 1.13. The van der Waals surface area contributed by atoms with Gasteiger partial charge in [-0.2, -0.15) is 12.7 Å². The van der Waals surface area contributed by atoms with Crippen molar-refractivity contribution >= 4 is 10.2 Å². The lowest BCUT2D eigenvalue weighted by Crippen LogP contribution is -2.42. The van der Waals surface area contributed by atoms with Crippen molar-refractivity contribution in [3.05, 3.63) is 0 Å². The lowest BCUT2D eigenvalue weighted by atomic mass is 9.81. The van der Waals surface area contributed by atoms with Gasteiger partial charge >= 0.3 is 0 Å². The molecule has 0 heterocycles. The van der Waals surface area contributed by atoms with Crippen molar-refractivity contribution in [3.8, 4) is 0 Å². The molecule has 2 unspecified atom stereocenters. The summed E-state index contributed by atoms with van der Waals surface area (Å²) in [6.45, 7) is 4.20. The van der Waals surface area contributed by atoms with Crippen molar-refractivity contribution in [1.82, 2.24) is 14.3 Å². The summed E-state index contributed by atoms with van der Waals surface area (Å²) in [4.78, 5) is 0. The summed E-state index contributed by atoms with van der Waals surface area (Å²) in [6, 6.07) is 0. The van der Waals surface area contributed by atoms with Gasteiger partial charge in [0.15, 0.2) is 0 Å². The van der Waals surface area contributed by atoms with Crippen molar-refractivity contribution in [3.63, 3.8) is 0 Å². The van der Waals surface area contributed by atoms with Gasteiger partial charge < -0.3 is 5.32 Å². The van der Waals surface area contributed by atoms with Crippen LogP contribution in [0.25, 0.3) is 0 Å². The molecule has 0 bridgehead atoms. The molecule has 0 aliphatic heterocycles. The molecule has 1 saturated carbocycles. The van der Waals surface area contributed by atoms with Gasteiger partial charge in [-0.3, -0.25) is 0 Å². The fraction of sp³-hybridized carbons (Fsp3) is 1.00.